The second-order valence-corrected chi connectivity index (χ2v) is 6.71. The third-order valence-corrected chi connectivity index (χ3v) is 4.92. The van der Waals surface area contributed by atoms with Gasteiger partial charge < -0.3 is 9.84 Å². The molecule has 2 nitrogen and oxygen atoms in total. The molecule has 1 aliphatic carbocycles. The molecule has 0 radical (unpaired) electrons. The van der Waals surface area contributed by atoms with Crippen molar-refractivity contribution in [1.29, 1.82) is 0 Å². The summed E-state index contributed by atoms with van der Waals surface area (Å²) in [4.78, 5) is 0. The summed E-state index contributed by atoms with van der Waals surface area (Å²) in [6, 6.07) is 5.85. The van der Waals surface area contributed by atoms with Crippen LogP contribution in [0.1, 0.15) is 44.1 Å². The second kappa shape index (κ2) is 4.64. The van der Waals surface area contributed by atoms with Crippen LogP contribution in [-0.4, -0.2) is 10.7 Å². The van der Waals surface area contributed by atoms with Crippen molar-refractivity contribution < 1.29 is 9.84 Å². The van der Waals surface area contributed by atoms with Gasteiger partial charge >= 0.3 is 0 Å². The van der Waals surface area contributed by atoms with E-state index < -0.39 is 5.60 Å². The van der Waals surface area contributed by atoms with Crippen LogP contribution < -0.4 is 4.74 Å². The topological polar surface area (TPSA) is 29.5 Å². The molecule has 0 saturated heterocycles. The van der Waals surface area contributed by atoms with Crippen molar-refractivity contribution in [2.45, 2.75) is 49.7 Å². The summed E-state index contributed by atoms with van der Waals surface area (Å²) in [7, 11) is 0. The summed E-state index contributed by atoms with van der Waals surface area (Å²) in [5.41, 5.74) is -0.357. The minimum absolute atomic E-state index is 0.206. The molecule has 1 heterocycles. The van der Waals surface area contributed by atoms with Crippen LogP contribution in [0.2, 0.25) is 0 Å². The average molecular weight is 323 g/mol. The van der Waals surface area contributed by atoms with Gasteiger partial charge in [0.25, 0.3) is 0 Å². The van der Waals surface area contributed by atoms with Crippen LogP contribution in [0.25, 0.3) is 0 Å². The Balaban J connectivity index is 2.07. The summed E-state index contributed by atoms with van der Waals surface area (Å²) < 4.78 is 7.24. The predicted molar refractivity (Wildman–Crippen MR) is 79.3 cm³/mol. The van der Waals surface area contributed by atoms with E-state index in [2.05, 4.69) is 22.5 Å². The normalized spacial score (nSPS) is 28.5. The van der Waals surface area contributed by atoms with Gasteiger partial charge in [0.2, 0.25) is 0 Å². The molecule has 1 aliphatic heterocycles. The van der Waals surface area contributed by atoms with E-state index in [0.29, 0.717) is 6.42 Å². The highest BCUT2D eigenvalue weighted by molar-refractivity contribution is 9.10. The second-order valence-electron chi connectivity index (χ2n) is 5.79. The number of ether oxygens (including phenoxy) is 1. The molecule has 0 bridgehead atoms. The highest BCUT2D eigenvalue weighted by Gasteiger charge is 2.47. The van der Waals surface area contributed by atoms with E-state index in [0.717, 1.165) is 28.6 Å². The predicted octanol–water partition coefficient (Wildman–Crippen LogP) is 4.31. The maximum absolute atomic E-state index is 11.0. The molecule has 2 aliphatic rings. The van der Waals surface area contributed by atoms with Gasteiger partial charge in [0.1, 0.15) is 17.0 Å². The average Bonchev–Trinajstić information content (AvgIpc) is 2.41. The first-order valence-electron chi connectivity index (χ1n) is 6.92. The lowest BCUT2D eigenvalue weighted by Gasteiger charge is -2.47. The number of aliphatic hydroxyl groups is 1. The number of hydrogen-bond acceptors (Lipinski definition) is 2. The SMILES string of the molecule is C=CC1(O)CC2(CCCCC2)Oc2ccc(Br)cc21. The Kier molecular flexibility index (Phi) is 3.22. The molecule has 102 valence electrons. The van der Waals surface area contributed by atoms with Crippen molar-refractivity contribution in [2.24, 2.45) is 0 Å². The molecule has 1 fully saturated rings. The monoisotopic (exact) mass is 322 g/mol. The van der Waals surface area contributed by atoms with Crippen molar-refractivity contribution >= 4 is 15.9 Å². The number of rotatable bonds is 1. The third kappa shape index (κ3) is 2.23. The molecule has 3 heteroatoms. The summed E-state index contributed by atoms with van der Waals surface area (Å²) in [5, 5.41) is 11.0. The van der Waals surface area contributed by atoms with E-state index in [1.54, 1.807) is 6.08 Å². The molecule has 1 spiro atoms. The van der Waals surface area contributed by atoms with Gasteiger partial charge in [0.05, 0.1) is 0 Å². The van der Waals surface area contributed by atoms with Crippen LogP contribution >= 0.6 is 15.9 Å². The summed E-state index contributed by atoms with van der Waals surface area (Å²) in [5.74, 6) is 0.804. The molecular formula is C16H19BrO2. The van der Waals surface area contributed by atoms with Crippen molar-refractivity contribution in [3.05, 3.63) is 40.9 Å². The van der Waals surface area contributed by atoms with Crippen LogP contribution in [0.4, 0.5) is 0 Å². The Hall–Kier alpha value is -0.800. The highest BCUT2D eigenvalue weighted by atomic mass is 79.9. The smallest absolute Gasteiger partial charge is 0.126 e. The molecule has 1 aromatic rings. The summed E-state index contributed by atoms with van der Waals surface area (Å²) in [6.07, 6.45) is 7.96. The fourth-order valence-corrected chi connectivity index (χ4v) is 3.80. The van der Waals surface area contributed by atoms with Crippen LogP contribution in [0.5, 0.6) is 5.75 Å². The molecule has 1 unspecified atom stereocenters. The van der Waals surface area contributed by atoms with E-state index in [9.17, 15) is 5.11 Å². The van der Waals surface area contributed by atoms with E-state index >= 15 is 0 Å². The van der Waals surface area contributed by atoms with E-state index in [1.807, 2.05) is 18.2 Å². The lowest BCUT2D eigenvalue weighted by atomic mass is 9.72. The van der Waals surface area contributed by atoms with Crippen molar-refractivity contribution in [1.82, 2.24) is 0 Å². The summed E-state index contributed by atoms with van der Waals surface area (Å²) >= 11 is 3.46. The van der Waals surface area contributed by atoms with Crippen LogP contribution in [0.3, 0.4) is 0 Å². The van der Waals surface area contributed by atoms with Crippen LogP contribution in [0, 0.1) is 0 Å². The minimum atomic E-state index is -0.977. The number of hydrogen-bond donors (Lipinski definition) is 1. The zero-order valence-electron chi connectivity index (χ0n) is 11.0. The zero-order valence-corrected chi connectivity index (χ0v) is 12.6. The van der Waals surface area contributed by atoms with Gasteiger partial charge in [-0.15, -0.1) is 0 Å². The fourth-order valence-electron chi connectivity index (χ4n) is 3.44. The molecule has 1 atom stereocenters. The van der Waals surface area contributed by atoms with Gasteiger partial charge in [-0.2, -0.15) is 0 Å². The largest absolute Gasteiger partial charge is 0.487 e. The quantitative estimate of drug-likeness (QED) is 0.781. The van der Waals surface area contributed by atoms with E-state index in [-0.39, 0.29) is 5.60 Å². The Morgan fingerprint density at radius 2 is 2.00 bits per heavy atom. The fraction of sp³-hybridized carbons (Fsp3) is 0.500. The van der Waals surface area contributed by atoms with Crippen molar-refractivity contribution in [2.75, 3.05) is 0 Å². The Morgan fingerprint density at radius 3 is 2.68 bits per heavy atom. The minimum Gasteiger partial charge on any atom is -0.487 e. The van der Waals surface area contributed by atoms with Gasteiger partial charge in [-0.3, -0.25) is 0 Å². The van der Waals surface area contributed by atoms with Gasteiger partial charge in [-0.05, 0) is 43.9 Å². The van der Waals surface area contributed by atoms with Crippen molar-refractivity contribution in [3.8, 4) is 5.75 Å². The van der Waals surface area contributed by atoms with Gasteiger partial charge in [0.15, 0.2) is 0 Å². The molecule has 3 rings (SSSR count). The number of fused-ring (bicyclic) bond motifs is 1. The van der Waals surface area contributed by atoms with Crippen molar-refractivity contribution in [3.63, 3.8) is 0 Å². The molecule has 0 aromatic heterocycles. The van der Waals surface area contributed by atoms with Crippen LogP contribution in [0.15, 0.2) is 35.3 Å². The Bertz CT molecular complexity index is 505. The third-order valence-electron chi connectivity index (χ3n) is 4.43. The maximum atomic E-state index is 11.0. The first kappa shape index (κ1) is 13.2. The molecular weight excluding hydrogens is 304 g/mol. The van der Waals surface area contributed by atoms with Crippen LogP contribution in [-0.2, 0) is 5.60 Å². The standard InChI is InChI=1S/C16H19BrO2/c1-2-16(18)11-15(8-4-3-5-9-15)19-14-7-6-12(17)10-13(14)16/h2,6-7,10,18H,1,3-5,8-9,11H2. The van der Waals surface area contributed by atoms with Gasteiger partial charge in [-0.1, -0.05) is 35.0 Å². The molecule has 1 aromatic carbocycles. The Morgan fingerprint density at radius 1 is 1.26 bits per heavy atom. The Labute approximate surface area is 122 Å². The van der Waals surface area contributed by atoms with Gasteiger partial charge in [0, 0.05) is 16.5 Å². The molecule has 1 saturated carbocycles. The molecule has 0 amide bonds. The first-order valence-corrected chi connectivity index (χ1v) is 7.71. The lowest BCUT2D eigenvalue weighted by molar-refractivity contribution is -0.0707. The highest BCUT2D eigenvalue weighted by Crippen LogP contribution is 2.49. The summed E-state index contributed by atoms with van der Waals surface area (Å²) in [6.45, 7) is 3.84. The maximum Gasteiger partial charge on any atom is 0.126 e. The van der Waals surface area contributed by atoms with E-state index in [1.165, 1.54) is 19.3 Å². The zero-order chi connectivity index (χ0) is 13.5. The van der Waals surface area contributed by atoms with Gasteiger partial charge in [-0.25, -0.2) is 0 Å². The number of halogens is 1. The number of benzene rings is 1. The first-order chi connectivity index (χ1) is 9.07. The molecule has 1 N–H and O–H groups in total. The molecule has 19 heavy (non-hydrogen) atoms. The lowest BCUT2D eigenvalue weighted by Crippen LogP contribution is -2.48. The van der Waals surface area contributed by atoms with E-state index in [4.69, 9.17) is 4.74 Å².